The van der Waals surface area contributed by atoms with Crippen molar-refractivity contribution in [3.8, 4) is 12.3 Å². The SMILES string of the molecule is C#CC(CC)N1CCNCC1C(=O)NC. The van der Waals surface area contributed by atoms with Crippen molar-refractivity contribution in [2.75, 3.05) is 26.7 Å². The summed E-state index contributed by atoms with van der Waals surface area (Å²) < 4.78 is 0. The van der Waals surface area contributed by atoms with Crippen LogP contribution in [0.5, 0.6) is 0 Å². The first kappa shape index (κ1) is 12.0. The monoisotopic (exact) mass is 209 g/mol. The second-order valence-corrected chi connectivity index (χ2v) is 3.66. The van der Waals surface area contributed by atoms with Gasteiger partial charge in [-0.3, -0.25) is 9.69 Å². The number of nitrogens with zero attached hydrogens (tertiary/aromatic N) is 1. The van der Waals surface area contributed by atoms with Gasteiger partial charge in [0.25, 0.3) is 0 Å². The van der Waals surface area contributed by atoms with E-state index in [1.54, 1.807) is 7.05 Å². The lowest BCUT2D eigenvalue weighted by atomic mass is 10.1. The molecule has 0 bridgehead atoms. The number of rotatable bonds is 3. The lowest BCUT2D eigenvalue weighted by Crippen LogP contribution is -2.60. The van der Waals surface area contributed by atoms with E-state index in [1.807, 2.05) is 6.92 Å². The standard InChI is InChI=1S/C11H19N3O/c1-4-9(5-2)14-7-6-13-8-10(14)11(15)12-3/h1,9-10,13H,5-8H2,2-3H3,(H,12,15). The third-order valence-corrected chi connectivity index (χ3v) is 2.81. The molecule has 1 saturated heterocycles. The number of carbonyl (C=O) groups excluding carboxylic acids is 1. The topological polar surface area (TPSA) is 44.4 Å². The maximum absolute atomic E-state index is 11.7. The van der Waals surface area contributed by atoms with Gasteiger partial charge in [-0.2, -0.15) is 0 Å². The van der Waals surface area contributed by atoms with Crippen molar-refractivity contribution in [3.05, 3.63) is 0 Å². The van der Waals surface area contributed by atoms with Crippen LogP contribution in [-0.4, -0.2) is 49.6 Å². The molecule has 0 saturated carbocycles. The number of hydrogen-bond acceptors (Lipinski definition) is 3. The van der Waals surface area contributed by atoms with Gasteiger partial charge in [-0.1, -0.05) is 12.8 Å². The van der Waals surface area contributed by atoms with Crippen LogP contribution in [0, 0.1) is 12.3 Å². The molecule has 0 spiro atoms. The molecule has 2 unspecified atom stereocenters. The molecule has 1 amide bonds. The molecule has 2 N–H and O–H groups in total. The average molecular weight is 209 g/mol. The number of nitrogens with one attached hydrogen (secondary N) is 2. The summed E-state index contributed by atoms with van der Waals surface area (Å²) in [5.74, 6) is 2.79. The van der Waals surface area contributed by atoms with Crippen LogP contribution in [0.25, 0.3) is 0 Å². The molecule has 1 heterocycles. The van der Waals surface area contributed by atoms with Crippen molar-refractivity contribution in [3.63, 3.8) is 0 Å². The Morgan fingerprint density at radius 1 is 1.80 bits per heavy atom. The van der Waals surface area contributed by atoms with Crippen LogP contribution in [-0.2, 0) is 4.79 Å². The van der Waals surface area contributed by atoms with Crippen molar-refractivity contribution in [2.24, 2.45) is 0 Å². The Morgan fingerprint density at radius 3 is 3.07 bits per heavy atom. The molecule has 0 aliphatic carbocycles. The highest BCUT2D eigenvalue weighted by molar-refractivity contribution is 5.82. The van der Waals surface area contributed by atoms with Crippen LogP contribution >= 0.6 is 0 Å². The minimum Gasteiger partial charge on any atom is -0.358 e. The second kappa shape index (κ2) is 5.74. The zero-order valence-electron chi connectivity index (χ0n) is 9.42. The van der Waals surface area contributed by atoms with Crippen molar-refractivity contribution >= 4 is 5.91 Å². The molecule has 2 atom stereocenters. The van der Waals surface area contributed by atoms with Crippen molar-refractivity contribution in [1.82, 2.24) is 15.5 Å². The van der Waals surface area contributed by atoms with Crippen LogP contribution in [0.1, 0.15) is 13.3 Å². The molecule has 15 heavy (non-hydrogen) atoms. The largest absolute Gasteiger partial charge is 0.358 e. The molecule has 0 aromatic rings. The van der Waals surface area contributed by atoms with Crippen LogP contribution < -0.4 is 10.6 Å². The van der Waals surface area contributed by atoms with E-state index in [0.717, 1.165) is 19.5 Å². The summed E-state index contributed by atoms with van der Waals surface area (Å²) in [6, 6.07) is -0.0702. The molecule has 4 heteroatoms. The number of piperazine rings is 1. The van der Waals surface area contributed by atoms with Crippen LogP contribution in [0.3, 0.4) is 0 Å². The third kappa shape index (κ3) is 2.71. The smallest absolute Gasteiger partial charge is 0.238 e. The molecule has 0 aromatic carbocycles. The number of terminal acetylenes is 1. The zero-order chi connectivity index (χ0) is 11.3. The van der Waals surface area contributed by atoms with Crippen molar-refractivity contribution < 1.29 is 4.79 Å². The molecule has 1 aliphatic rings. The van der Waals surface area contributed by atoms with E-state index in [1.165, 1.54) is 0 Å². The lowest BCUT2D eigenvalue weighted by Gasteiger charge is -2.38. The lowest BCUT2D eigenvalue weighted by molar-refractivity contribution is -0.127. The van der Waals surface area contributed by atoms with E-state index < -0.39 is 0 Å². The maximum Gasteiger partial charge on any atom is 0.238 e. The summed E-state index contributed by atoms with van der Waals surface area (Å²) in [4.78, 5) is 13.8. The fourth-order valence-corrected chi connectivity index (χ4v) is 1.95. The fraction of sp³-hybridized carbons (Fsp3) is 0.727. The first-order chi connectivity index (χ1) is 7.24. The Bertz CT molecular complexity index is 259. The molecule has 1 fully saturated rings. The molecule has 4 nitrogen and oxygen atoms in total. The predicted octanol–water partition coefficient (Wildman–Crippen LogP) is -0.582. The predicted molar refractivity (Wildman–Crippen MR) is 60.3 cm³/mol. The average Bonchev–Trinajstić information content (AvgIpc) is 2.30. The van der Waals surface area contributed by atoms with Gasteiger partial charge in [0, 0.05) is 26.7 Å². The first-order valence-electron chi connectivity index (χ1n) is 5.38. The van der Waals surface area contributed by atoms with E-state index in [9.17, 15) is 4.79 Å². The van der Waals surface area contributed by atoms with Crippen LogP contribution in [0.4, 0.5) is 0 Å². The van der Waals surface area contributed by atoms with Gasteiger partial charge in [0.15, 0.2) is 0 Å². The molecule has 1 rings (SSSR count). The quantitative estimate of drug-likeness (QED) is 0.611. The highest BCUT2D eigenvalue weighted by atomic mass is 16.2. The minimum absolute atomic E-state index is 0.0379. The summed E-state index contributed by atoms with van der Waals surface area (Å²) >= 11 is 0. The Kier molecular flexibility index (Phi) is 4.60. The Balaban J connectivity index is 2.73. The molecule has 1 aliphatic heterocycles. The molecule has 0 aromatic heterocycles. The van der Waals surface area contributed by atoms with Crippen LogP contribution in [0.15, 0.2) is 0 Å². The molecule has 0 radical (unpaired) electrons. The Labute approximate surface area is 91.4 Å². The van der Waals surface area contributed by atoms with Gasteiger partial charge in [-0.05, 0) is 6.42 Å². The van der Waals surface area contributed by atoms with E-state index in [0.29, 0.717) is 6.54 Å². The van der Waals surface area contributed by atoms with E-state index in [4.69, 9.17) is 6.42 Å². The van der Waals surface area contributed by atoms with Gasteiger partial charge in [-0.25, -0.2) is 0 Å². The highest BCUT2D eigenvalue weighted by Crippen LogP contribution is 2.11. The summed E-state index contributed by atoms with van der Waals surface area (Å²) in [6.45, 7) is 4.46. The summed E-state index contributed by atoms with van der Waals surface area (Å²) in [7, 11) is 1.66. The normalized spacial score (nSPS) is 24.2. The fourth-order valence-electron chi connectivity index (χ4n) is 1.95. The van der Waals surface area contributed by atoms with Gasteiger partial charge < -0.3 is 10.6 Å². The minimum atomic E-state index is -0.134. The Morgan fingerprint density at radius 2 is 2.53 bits per heavy atom. The summed E-state index contributed by atoms with van der Waals surface area (Å²) in [6.07, 6.45) is 6.35. The Hall–Kier alpha value is -1.05. The zero-order valence-corrected chi connectivity index (χ0v) is 9.42. The second-order valence-electron chi connectivity index (χ2n) is 3.66. The van der Waals surface area contributed by atoms with Gasteiger partial charge in [0.2, 0.25) is 5.91 Å². The van der Waals surface area contributed by atoms with Gasteiger partial charge in [0.1, 0.15) is 6.04 Å². The van der Waals surface area contributed by atoms with E-state index in [2.05, 4.69) is 21.5 Å². The van der Waals surface area contributed by atoms with E-state index in [-0.39, 0.29) is 18.0 Å². The van der Waals surface area contributed by atoms with Crippen molar-refractivity contribution in [2.45, 2.75) is 25.4 Å². The number of amides is 1. The first-order valence-corrected chi connectivity index (χ1v) is 5.38. The van der Waals surface area contributed by atoms with Gasteiger partial charge >= 0.3 is 0 Å². The number of hydrogen-bond donors (Lipinski definition) is 2. The maximum atomic E-state index is 11.7. The molecule has 84 valence electrons. The summed E-state index contributed by atoms with van der Waals surface area (Å²) in [5, 5.41) is 5.89. The third-order valence-electron chi connectivity index (χ3n) is 2.81. The molecular formula is C11H19N3O. The van der Waals surface area contributed by atoms with Crippen molar-refractivity contribution in [1.29, 1.82) is 0 Å². The highest BCUT2D eigenvalue weighted by Gasteiger charge is 2.31. The molecular weight excluding hydrogens is 190 g/mol. The number of carbonyl (C=O) groups is 1. The van der Waals surface area contributed by atoms with Crippen LogP contribution in [0.2, 0.25) is 0 Å². The van der Waals surface area contributed by atoms with E-state index >= 15 is 0 Å². The van der Waals surface area contributed by atoms with Gasteiger partial charge in [-0.15, -0.1) is 6.42 Å². The summed E-state index contributed by atoms with van der Waals surface area (Å²) in [5.41, 5.74) is 0. The number of likely N-dealkylation sites (N-methyl/N-ethyl adjacent to an activating group) is 1. The van der Waals surface area contributed by atoms with Gasteiger partial charge in [0.05, 0.1) is 6.04 Å².